The van der Waals surface area contributed by atoms with E-state index in [2.05, 4.69) is 29.8 Å². The second-order valence-corrected chi connectivity index (χ2v) is 9.07. The van der Waals surface area contributed by atoms with Crippen molar-refractivity contribution in [3.8, 4) is 12.1 Å². The fourth-order valence-corrected chi connectivity index (χ4v) is 5.07. The predicted molar refractivity (Wildman–Crippen MR) is 133 cm³/mol. The standard InChI is InChI=1S/C25H20ClN9O/c26-16-1-2-21-20(9-16)19-3-4-35(25-31-17(11-27)10-18(12-28)32-25)23(22(19)33-21)15-13-29-24(30-14-15)34-5-7-36-8-6-34/h1-2,9-10,13-14,23,33H,3-8H2/t23-/m0/s1. The number of nitrogens with one attached hydrogen (secondary N) is 1. The Morgan fingerprint density at radius 3 is 2.39 bits per heavy atom. The highest BCUT2D eigenvalue weighted by molar-refractivity contribution is 6.31. The van der Waals surface area contributed by atoms with Crippen LogP contribution in [0.3, 0.4) is 0 Å². The number of aromatic amines is 1. The van der Waals surface area contributed by atoms with E-state index in [0.29, 0.717) is 43.1 Å². The Balaban J connectivity index is 1.48. The van der Waals surface area contributed by atoms with Gasteiger partial charge in [0, 0.05) is 65.3 Å². The molecule has 0 bridgehead atoms. The quantitative estimate of drug-likeness (QED) is 0.453. The van der Waals surface area contributed by atoms with Crippen LogP contribution in [0.2, 0.25) is 5.02 Å². The number of anilines is 2. The monoisotopic (exact) mass is 497 g/mol. The molecule has 0 unspecified atom stereocenters. The molecule has 10 nitrogen and oxygen atoms in total. The molecule has 6 rings (SSSR count). The Morgan fingerprint density at radius 1 is 0.972 bits per heavy atom. The summed E-state index contributed by atoms with van der Waals surface area (Å²) in [4.78, 5) is 25.9. The first-order chi connectivity index (χ1) is 17.6. The van der Waals surface area contributed by atoms with Gasteiger partial charge in [-0.25, -0.2) is 19.9 Å². The second kappa shape index (κ2) is 9.08. The minimum atomic E-state index is -0.348. The highest BCUT2D eigenvalue weighted by Gasteiger charge is 2.34. The lowest BCUT2D eigenvalue weighted by Gasteiger charge is -2.36. The van der Waals surface area contributed by atoms with Crippen molar-refractivity contribution >= 4 is 34.4 Å². The number of fused-ring (bicyclic) bond motifs is 3. The lowest BCUT2D eigenvalue weighted by atomic mass is 9.94. The lowest BCUT2D eigenvalue weighted by molar-refractivity contribution is 0.122. The Hall–Kier alpha value is -4.25. The average molecular weight is 498 g/mol. The summed E-state index contributed by atoms with van der Waals surface area (Å²) in [6.07, 6.45) is 4.35. The van der Waals surface area contributed by atoms with E-state index < -0.39 is 0 Å². The van der Waals surface area contributed by atoms with E-state index >= 15 is 0 Å². The smallest absolute Gasteiger partial charge is 0.228 e. The van der Waals surface area contributed by atoms with Gasteiger partial charge >= 0.3 is 0 Å². The molecule has 1 aromatic carbocycles. The molecular weight excluding hydrogens is 478 g/mol. The van der Waals surface area contributed by atoms with Crippen molar-refractivity contribution in [1.82, 2.24) is 24.9 Å². The van der Waals surface area contributed by atoms with E-state index in [1.54, 1.807) is 0 Å². The number of halogens is 1. The predicted octanol–water partition coefficient (Wildman–Crippen LogP) is 3.13. The van der Waals surface area contributed by atoms with Gasteiger partial charge in [0.25, 0.3) is 0 Å². The van der Waals surface area contributed by atoms with Crippen molar-refractivity contribution in [2.24, 2.45) is 0 Å². The zero-order chi connectivity index (χ0) is 24.6. The van der Waals surface area contributed by atoms with Crippen LogP contribution in [0.15, 0.2) is 36.7 Å². The highest BCUT2D eigenvalue weighted by atomic mass is 35.5. The molecule has 3 aromatic heterocycles. The number of rotatable bonds is 3. The maximum Gasteiger partial charge on any atom is 0.228 e. The zero-order valence-electron chi connectivity index (χ0n) is 19.1. The fraction of sp³-hybridized carbons (Fsp3) is 0.280. The molecule has 2 aliphatic rings. The molecular formula is C25H20ClN9O. The first-order valence-corrected chi connectivity index (χ1v) is 11.9. The minimum absolute atomic E-state index is 0.142. The molecule has 0 amide bonds. The van der Waals surface area contributed by atoms with Gasteiger partial charge in [0.2, 0.25) is 11.9 Å². The maximum atomic E-state index is 9.48. The summed E-state index contributed by atoms with van der Waals surface area (Å²) in [5, 5.41) is 20.7. The first-order valence-electron chi connectivity index (χ1n) is 11.5. The van der Waals surface area contributed by atoms with E-state index in [4.69, 9.17) is 16.3 Å². The summed E-state index contributed by atoms with van der Waals surface area (Å²) in [7, 11) is 0. The van der Waals surface area contributed by atoms with Crippen molar-refractivity contribution in [3.05, 3.63) is 69.9 Å². The van der Waals surface area contributed by atoms with E-state index in [-0.39, 0.29) is 17.4 Å². The van der Waals surface area contributed by atoms with Crippen LogP contribution >= 0.6 is 11.6 Å². The number of benzene rings is 1. The van der Waals surface area contributed by atoms with Crippen LogP contribution in [-0.4, -0.2) is 57.8 Å². The molecule has 1 atom stereocenters. The summed E-state index contributed by atoms with van der Waals surface area (Å²) in [6.45, 7) is 3.36. The molecule has 0 aliphatic carbocycles. The molecule has 36 heavy (non-hydrogen) atoms. The van der Waals surface area contributed by atoms with E-state index in [1.807, 2.05) is 47.6 Å². The molecule has 1 N–H and O–H groups in total. The SMILES string of the molecule is N#Cc1cc(C#N)nc(N2CCc3c([nH]c4ccc(Cl)cc34)[C@@H]2c2cnc(N3CCOCC3)nc2)n1. The molecule has 0 spiro atoms. The zero-order valence-corrected chi connectivity index (χ0v) is 19.9. The fourth-order valence-electron chi connectivity index (χ4n) is 4.90. The number of morpholine rings is 1. The van der Waals surface area contributed by atoms with Crippen LogP contribution < -0.4 is 9.80 Å². The van der Waals surface area contributed by atoms with Crippen LogP contribution in [0.25, 0.3) is 10.9 Å². The van der Waals surface area contributed by atoms with Gasteiger partial charge in [-0.15, -0.1) is 0 Å². The molecule has 0 saturated carbocycles. The molecule has 5 heterocycles. The third-order valence-electron chi connectivity index (χ3n) is 6.56. The van der Waals surface area contributed by atoms with Crippen LogP contribution in [-0.2, 0) is 11.2 Å². The van der Waals surface area contributed by atoms with Crippen molar-refractivity contribution < 1.29 is 4.74 Å². The van der Waals surface area contributed by atoms with Gasteiger partial charge in [-0.3, -0.25) is 0 Å². The summed E-state index contributed by atoms with van der Waals surface area (Å²) in [5.41, 5.74) is 4.22. The van der Waals surface area contributed by atoms with E-state index in [1.165, 1.54) is 6.07 Å². The van der Waals surface area contributed by atoms with E-state index in [0.717, 1.165) is 40.8 Å². The second-order valence-electron chi connectivity index (χ2n) is 8.63. The number of hydrogen-bond acceptors (Lipinski definition) is 9. The van der Waals surface area contributed by atoms with Gasteiger partial charge in [0.15, 0.2) is 0 Å². The Labute approximate surface area is 211 Å². The molecule has 4 aromatic rings. The van der Waals surface area contributed by atoms with E-state index in [9.17, 15) is 10.5 Å². The molecule has 1 fully saturated rings. The largest absolute Gasteiger partial charge is 0.378 e. The molecule has 1 saturated heterocycles. The van der Waals surface area contributed by atoms with Gasteiger partial charge < -0.3 is 19.5 Å². The third kappa shape index (κ3) is 3.87. The number of aromatic nitrogens is 5. The summed E-state index contributed by atoms with van der Waals surface area (Å²) in [6, 6.07) is 10.9. The van der Waals surface area contributed by atoms with Gasteiger partial charge in [-0.2, -0.15) is 10.5 Å². The Morgan fingerprint density at radius 2 is 1.69 bits per heavy atom. The molecule has 2 aliphatic heterocycles. The minimum Gasteiger partial charge on any atom is -0.378 e. The van der Waals surface area contributed by atoms with Gasteiger partial charge in [-0.1, -0.05) is 11.6 Å². The van der Waals surface area contributed by atoms with Gasteiger partial charge in [0.1, 0.15) is 29.6 Å². The molecule has 178 valence electrons. The van der Waals surface area contributed by atoms with Crippen molar-refractivity contribution in [2.75, 3.05) is 42.6 Å². The molecule has 11 heteroatoms. The number of nitriles is 2. The first kappa shape index (κ1) is 22.2. The molecule has 0 radical (unpaired) electrons. The van der Waals surface area contributed by atoms with Crippen LogP contribution in [0, 0.1) is 22.7 Å². The Kier molecular flexibility index (Phi) is 5.61. The number of nitrogens with zero attached hydrogens (tertiary/aromatic N) is 8. The third-order valence-corrected chi connectivity index (χ3v) is 6.79. The summed E-state index contributed by atoms with van der Waals surface area (Å²) in [5.74, 6) is 0.970. The van der Waals surface area contributed by atoms with Crippen molar-refractivity contribution in [3.63, 3.8) is 0 Å². The maximum absolute atomic E-state index is 9.48. The topological polar surface area (TPSA) is 131 Å². The number of hydrogen-bond donors (Lipinski definition) is 1. The average Bonchev–Trinajstić information content (AvgIpc) is 3.30. The number of H-pyrrole nitrogens is 1. The lowest BCUT2D eigenvalue weighted by Crippen LogP contribution is -2.38. The van der Waals surface area contributed by atoms with Crippen LogP contribution in [0.4, 0.5) is 11.9 Å². The van der Waals surface area contributed by atoms with Crippen molar-refractivity contribution in [2.45, 2.75) is 12.5 Å². The van der Waals surface area contributed by atoms with Crippen LogP contribution in [0.1, 0.15) is 34.3 Å². The van der Waals surface area contributed by atoms with Gasteiger partial charge in [0.05, 0.1) is 13.2 Å². The normalized spacial score (nSPS) is 17.5. The van der Waals surface area contributed by atoms with Crippen LogP contribution in [0.5, 0.6) is 0 Å². The highest BCUT2D eigenvalue weighted by Crippen LogP contribution is 2.40. The number of ether oxygens (including phenoxy) is 1. The van der Waals surface area contributed by atoms with Gasteiger partial charge in [-0.05, 0) is 30.2 Å². The summed E-state index contributed by atoms with van der Waals surface area (Å²) >= 11 is 6.31. The van der Waals surface area contributed by atoms with Crippen molar-refractivity contribution in [1.29, 1.82) is 10.5 Å². The Bertz CT molecular complexity index is 1500. The summed E-state index contributed by atoms with van der Waals surface area (Å²) < 4.78 is 5.44.